The van der Waals surface area contributed by atoms with E-state index in [1.807, 2.05) is 0 Å². The van der Waals surface area contributed by atoms with Crippen LogP contribution in [-0.4, -0.2) is 34.5 Å². The van der Waals surface area contributed by atoms with Crippen LogP contribution in [0.4, 0.5) is 0 Å². The summed E-state index contributed by atoms with van der Waals surface area (Å²) in [6.45, 7) is 11.6. The highest BCUT2D eigenvalue weighted by Crippen LogP contribution is 2.28. The summed E-state index contributed by atoms with van der Waals surface area (Å²) in [5, 5.41) is 0.517. The Kier molecular flexibility index (Phi) is 6.53. The summed E-state index contributed by atoms with van der Waals surface area (Å²) in [5.74, 6) is 1.17. The molecular weight excluding hydrogens is 314 g/mol. The van der Waals surface area contributed by atoms with E-state index in [0.29, 0.717) is 11.1 Å². The first-order valence-corrected chi connectivity index (χ1v) is 7.60. The van der Waals surface area contributed by atoms with Gasteiger partial charge in [-0.25, -0.2) is 9.97 Å². The van der Waals surface area contributed by atoms with Gasteiger partial charge in [0.1, 0.15) is 11.0 Å². The van der Waals surface area contributed by atoms with E-state index in [-0.39, 0.29) is 0 Å². The topological polar surface area (TPSA) is 29.0 Å². The van der Waals surface area contributed by atoms with Crippen molar-refractivity contribution >= 4 is 27.5 Å². The normalized spacial score (nSPS) is 11.6. The fourth-order valence-corrected chi connectivity index (χ4v) is 2.60. The lowest BCUT2D eigenvalue weighted by molar-refractivity contribution is 0.305. The van der Waals surface area contributed by atoms with Crippen molar-refractivity contribution in [3.8, 4) is 0 Å². The van der Waals surface area contributed by atoms with Gasteiger partial charge in [-0.15, -0.1) is 0 Å². The molecule has 0 N–H and O–H groups in total. The molecule has 5 heteroatoms. The molecule has 18 heavy (non-hydrogen) atoms. The maximum Gasteiger partial charge on any atom is 0.147 e. The van der Waals surface area contributed by atoms with Gasteiger partial charge >= 0.3 is 0 Å². The Balaban J connectivity index is 2.84. The van der Waals surface area contributed by atoms with Crippen LogP contribution < -0.4 is 0 Å². The Morgan fingerprint density at radius 1 is 1.22 bits per heavy atom. The maximum atomic E-state index is 6.13. The van der Waals surface area contributed by atoms with E-state index in [9.17, 15) is 0 Å². The third-order valence-electron chi connectivity index (χ3n) is 2.98. The fourth-order valence-electron chi connectivity index (χ4n) is 1.77. The van der Waals surface area contributed by atoms with Crippen molar-refractivity contribution in [3.63, 3.8) is 0 Å². The first-order valence-electron chi connectivity index (χ1n) is 6.43. The minimum absolute atomic E-state index is 0.340. The van der Waals surface area contributed by atoms with Gasteiger partial charge in [0.2, 0.25) is 0 Å². The molecule has 0 radical (unpaired) electrons. The van der Waals surface area contributed by atoms with Gasteiger partial charge in [0.15, 0.2) is 0 Å². The lowest BCUT2D eigenvalue weighted by Crippen LogP contribution is -2.26. The molecule has 1 rings (SSSR count). The molecule has 0 fully saturated rings. The molecule has 0 bridgehead atoms. The molecule has 0 aliphatic carbocycles. The largest absolute Gasteiger partial charge is 0.303 e. The van der Waals surface area contributed by atoms with Crippen molar-refractivity contribution in [2.45, 2.75) is 40.0 Å². The highest BCUT2D eigenvalue weighted by Gasteiger charge is 2.14. The van der Waals surface area contributed by atoms with Crippen LogP contribution in [0.15, 0.2) is 4.47 Å². The highest BCUT2D eigenvalue weighted by molar-refractivity contribution is 9.10. The van der Waals surface area contributed by atoms with Crippen molar-refractivity contribution in [2.24, 2.45) is 0 Å². The summed E-state index contributed by atoms with van der Waals surface area (Å²) in [7, 11) is 0. The lowest BCUT2D eigenvalue weighted by atomic mass is 10.1. The molecule has 0 saturated carbocycles. The predicted molar refractivity (Wildman–Crippen MR) is 80.3 cm³/mol. The number of aromatic nitrogens is 2. The van der Waals surface area contributed by atoms with Crippen molar-refractivity contribution < 1.29 is 0 Å². The Labute approximate surface area is 123 Å². The van der Waals surface area contributed by atoms with Gasteiger partial charge < -0.3 is 4.90 Å². The Morgan fingerprint density at radius 3 is 2.33 bits per heavy atom. The van der Waals surface area contributed by atoms with Gasteiger partial charge in [-0.2, -0.15) is 0 Å². The quantitative estimate of drug-likeness (QED) is 0.739. The molecule has 0 aliphatic rings. The number of likely N-dealkylation sites (N-methyl/N-ethyl adjacent to an activating group) is 1. The number of hydrogen-bond acceptors (Lipinski definition) is 3. The number of rotatable bonds is 6. The van der Waals surface area contributed by atoms with Gasteiger partial charge in [0, 0.05) is 13.0 Å². The van der Waals surface area contributed by atoms with Crippen LogP contribution >= 0.6 is 27.5 Å². The monoisotopic (exact) mass is 333 g/mol. The van der Waals surface area contributed by atoms with E-state index in [0.717, 1.165) is 42.0 Å². The van der Waals surface area contributed by atoms with E-state index < -0.39 is 0 Å². The minimum atomic E-state index is 0.340. The number of hydrogen-bond donors (Lipinski definition) is 0. The van der Waals surface area contributed by atoms with Crippen LogP contribution in [-0.2, 0) is 6.42 Å². The predicted octanol–water partition coefficient (Wildman–Crippen LogP) is 3.90. The van der Waals surface area contributed by atoms with Gasteiger partial charge in [-0.05, 0) is 34.9 Å². The molecular formula is C13H21BrClN3. The average Bonchev–Trinajstić information content (AvgIpc) is 2.34. The summed E-state index contributed by atoms with van der Waals surface area (Å²) in [6.07, 6.45) is 0.842. The zero-order valence-electron chi connectivity index (χ0n) is 11.5. The van der Waals surface area contributed by atoms with Crippen molar-refractivity contribution in [1.29, 1.82) is 0 Å². The smallest absolute Gasteiger partial charge is 0.147 e. The second-order valence-corrected chi connectivity index (χ2v) is 5.71. The van der Waals surface area contributed by atoms with E-state index in [1.54, 1.807) is 0 Å². The molecule has 102 valence electrons. The molecule has 1 heterocycles. The fraction of sp³-hybridized carbons (Fsp3) is 0.692. The molecule has 0 amide bonds. The molecule has 3 nitrogen and oxygen atoms in total. The average molecular weight is 335 g/mol. The van der Waals surface area contributed by atoms with Crippen molar-refractivity contribution in [3.05, 3.63) is 21.1 Å². The molecule has 0 aromatic carbocycles. The van der Waals surface area contributed by atoms with Gasteiger partial charge in [0.05, 0.1) is 10.2 Å². The molecule has 0 spiro atoms. The molecule has 0 atom stereocenters. The zero-order chi connectivity index (χ0) is 13.7. The molecule has 0 unspecified atom stereocenters. The first-order chi connectivity index (χ1) is 8.49. The summed E-state index contributed by atoms with van der Waals surface area (Å²) in [4.78, 5) is 11.3. The molecule has 1 aromatic heterocycles. The van der Waals surface area contributed by atoms with Crippen LogP contribution in [0.1, 0.15) is 45.1 Å². The molecule has 0 aliphatic heterocycles. The van der Waals surface area contributed by atoms with Crippen molar-refractivity contribution in [1.82, 2.24) is 14.9 Å². The van der Waals surface area contributed by atoms with Crippen LogP contribution in [0, 0.1) is 0 Å². The van der Waals surface area contributed by atoms with E-state index in [1.165, 1.54) is 0 Å². The van der Waals surface area contributed by atoms with Gasteiger partial charge in [-0.1, -0.05) is 39.3 Å². The second-order valence-electron chi connectivity index (χ2n) is 4.56. The summed E-state index contributed by atoms with van der Waals surface area (Å²) in [6, 6.07) is 0. The third-order valence-corrected chi connectivity index (χ3v) is 4.26. The van der Waals surface area contributed by atoms with E-state index in [2.05, 4.69) is 58.5 Å². The lowest BCUT2D eigenvalue weighted by Gasteiger charge is -2.18. The maximum absolute atomic E-state index is 6.13. The minimum Gasteiger partial charge on any atom is -0.303 e. The van der Waals surface area contributed by atoms with E-state index >= 15 is 0 Å². The summed E-state index contributed by atoms with van der Waals surface area (Å²) in [5.41, 5.74) is 0.990. The second kappa shape index (κ2) is 7.41. The van der Waals surface area contributed by atoms with Crippen LogP contribution in [0.5, 0.6) is 0 Å². The van der Waals surface area contributed by atoms with E-state index in [4.69, 9.17) is 11.6 Å². The summed E-state index contributed by atoms with van der Waals surface area (Å²) >= 11 is 9.59. The van der Waals surface area contributed by atoms with Crippen LogP contribution in [0.3, 0.4) is 0 Å². The van der Waals surface area contributed by atoms with Crippen LogP contribution in [0.25, 0.3) is 0 Å². The molecule has 0 saturated heterocycles. The third kappa shape index (κ3) is 4.18. The van der Waals surface area contributed by atoms with Crippen LogP contribution in [0.2, 0.25) is 5.15 Å². The van der Waals surface area contributed by atoms with Gasteiger partial charge in [0.25, 0.3) is 0 Å². The Morgan fingerprint density at radius 2 is 1.83 bits per heavy atom. The van der Waals surface area contributed by atoms with Crippen molar-refractivity contribution in [2.75, 3.05) is 19.6 Å². The first kappa shape index (κ1) is 15.9. The number of halogens is 2. The number of nitrogens with zero attached hydrogens (tertiary/aromatic N) is 3. The summed E-state index contributed by atoms with van der Waals surface area (Å²) < 4.78 is 0.825. The molecule has 1 aromatic rings. The Hall–Kier alpha value is -0.190. The zero-order valence-corrected chi connectivity index (χ0v) is 13.8. The SMILES string of the molecule is CCN(CC)CCc1nc(Cl)c(Br)c(C(C)C)n1. The van der Waals surface area contributed by atoms with Gasteiger partial charge in [-0.3, -0.25) is 0 Å². The Bertz CT molecular complexity index is 392. The highest BCUT2D eigenvalue weighted by atomic mass is 79.9. The standard InChI is InChI=1S/C13H21BrClN3/c1-5-18(6-2)8-7-10-16-12(9(3)4)11(14)13(15)17-10/h9H,5-8H2,1-4H3.